The van der Waals surface area contributed by atoms with Crippen LogP contribution >= 0.6 is 23.2 Å². The van der Waals surface area contributed by atoms with Crippen LogP contribution in [0.2, 0.25) is 10.0 Å². The van der Waals surface area contributed by atoms with Crippen molar-refractivity contribution in [1.82, 2.24) is 10.2 Å². The van der Waals surface area contributed by atoms with Gasteiger partial charge in [0.2, 0.25) is 11.8 Å². The van der Waals surface area contributed by atoms with E-state index in [0.29, 0.717) is 0 Å². The first kappa shape index (κ1) is 34.5. The molecule has 0 aromatic heterocycles. The fourth-order valence-corrected chi connectivity index (χ4v) is 7.60. The zero-order chi connectivity index (χ0) is 33.6. The van der Waals surface area contributed by atoms with Gasteiger partial charge in [0, 0.05) is 19.0 Å². The number of sulfonamides is 1. The van der Waals surface area contributed by atoms with Crippen molar-refractivity contribution in [2.45, 2.75) is 69.5 Å². The van der Waals surface area contributed by atoms with Crippen molar-refractivity contribution in [3.05, 3.63) is 129 Å². The first-order chi connectivity index (χ1) is 22.5. The predicted molar refractivity (Wildman–Crippen MR) is 188 cm³/mol. The van der Waals surface area contributed by atoms with E-state index in [1.54, 1.807) is 12.1 Å². The summed E-state index contributed by atoms with van der Waals surface area (Å²) in [6, 6.07) is 27.2. The SMILES string of the molecule is Cc1ccc(S(=O)(=O)N(CC(=O)N(Cc2ccccc2C)[C@@H](Cc2ccccc2)C(=O)NC2CCCC2)c2ccc(Cl)c(Cl)c2)cc1. The Hall–Kier alpha value is -3.85. The van der Waals surface area contributed by atoms with Crippen molar-refractivity contribution in [3.63, 3.8) is 0 Å². The third-order valence-electron chi connectivity index (χ3n) is 8.65. The van der Waals surface area contributed by atoms with Gasteiger partial charge in [0.25, 0.3) is 10.0 Å². The topological polar surface area (TPSA) is 86.8 Å². The summed E-state index contributed by atoms with van der Waals surface area (Å²) in [5.41, 5.74) is 3.76. The summed E-state index contributed by atoms with van der Waals surface area (Å²) >= 11 is 12.6. The van der Waals surface area contributed by atoms with Crippen LogP contribution in [0, 0.1) is 13.8 Å². The normalized spacial score (nSPS) is 14.0. The maximum atomic E-state index is 14.7. The predicted octanol–water partition coefficient (Wildman–Crippen LogP) is 7.50. The van der Waals surface area contributed by atoms with E-state index in [0.717, 1.165) is 52.2 Å². The van der Waals surface area contributed by atoms with Gasteiger partial charge in [0.05, 0.1) is 20.6 Å². The Balaban J connectivity index is 1.58. The minimum absolute atomic E-state index is 0.0206. The number of halogens is 2. The van der Waals surface area contributed by atoms with E-state index in [-0.39, 0.29) is 45.5 Å². The lowest BCUT2D eigenvalue weighted by atomic mass is 10.0. The highest BCUT2D eigenvalue weighted by Crippen LogP contribution is 2.31. The largest absolute Gasteiger partial charge is 0.352 e. The Labute approximate surface area is 287 Å². The van der Waals surface area contributed by atoms with Crippen LogP contribution in [0.3, 0.4) is 0 Å². The highest BCUT2D eigenvalue weighted by Gasteiger charge is 2.36. The van der Waals surface area contributed by atoms with Crippen LogP contribution in [-0.4, -0.2) is 43.8 Å². The van der Waals surface area contributed by atoms with Crippen LogP contribution in [0.25, 0.3) is 0 Å². The van der Waals surface area contributed by atoms with Crippen LogP contribution in [0.1, 0.15) is 47.9 Å². The van der Waals surface area contributed by atoms with Crippen LogP contribution in [0.4, 0.5) is 5.69 Å². The van der Waals surface area contributed by atoms with Gasteiger partial charge in [0.15, 0.2) is 0 Å². The zero-order valence-corrected chi connectivity index (χ0v) is 28.9. The Morgan fingerprint density at radius 2 is 1.51 bits per heavy atom. The molecule has 1 aliphatic rings. The van der Waals surface area contributed by atoms with E-state index in [2.05, 4.69) is 5.32 Å². The molecule has 4 aromatic rings. The van der Waals surface area contributed by atoms with E-state index in [9.17, 15) is 18.0 Å². The Kier molecular flexibility index (Phi) is 11.3. The molecular formula is C37H39Cl2N3O4S. The molecule has 0 aliphatic heterocycles. The molecule has 1 N–H and O–H groups in total. The van der Waals surface area contributed by atoms with E-state index < -0.39 is 28.5 Å². The van der Waals surface area contributed by atoms with Gasteiger partial charge < -0.3 is 10.2 Å². The number of aryl methyl sites for hydroxylation is 2. The van der Waals surface area contributed by atoms with Crippen molar-refractivity contribution >= 4 is 50.7 Å². The van der Waals surface area contributed by atoms with Crippen molar-refractivity contribution in [3.8, 4) is 0 Å². The lowest BCUT2D eigenvalue weighted by Crippen LogP contribution is -2.54. The van der Waals surface area contributed by atoms with Gasteiger partial charge in [-0.1, -0.05) is 108 Å². The third-order valence-corrected chi connectivity index (χ3v) is 11.2. The molecule has 1 saturated carbocycles. The second-order valence-corrected chi connectivity index (χ2v) is 14.7. The molecule has 1 aliphatic carbocycles. The van der Waals surface area contributed by atoms with Crippen LogP contribution in [0.5, 0.6) is 0 Å². The molecule has 10 heteroatoms. The Morgan fingerprint density at radius 3 is 2.17 bits per heavy atom. The quantitative estimate of drug-likeness (QED) is 0.167. The third kappa shape index (κ3) is 8.55. The van der Waals surface area contributed by atoms with E-state index in [1.807, 2.05) is 68.4 Å². The molecule has 7 nitrogen and oxygen atoms in total. The summed E-state index contributed by atoms with van der Waals surface area (Å²) in [5.74, 6) is -0.789. The van der Waals surface area contributed by atoms with Gasteiger partial charge in [-0.25, -0.2) is 8.42 Å². The summed E-state index contributed by atoms with van der Waals surface area (Å²) in [6.07, 6.45) is 4.10. The zero-order valence-electron chi connectivity index (χ0n) is 26.5. The molecule has 0 bridgehead atoms. The summed E-state index contributed by atoms with van der Waals surface area (Å²) in [7, 11) is -4.25. The molecule has 0 radical (unpaired) electrons. The average molecular weight is 693 g/mol. The lowest BCUT2D eigenvalue weighted by Gasteiger charge is -2.34. The maximum Gasteiger partial charge on any atom is 0.264 e. The summed E-state index contributed by atoms with van der Waals surface area (Å²) < 4.78 is 29.5. The monoisotopic (exact) mass is 691 g/mol. The summed E-state index contributed by atoms with van der Waals surface area (Å²) in [4.78, 5) is 30.4. The molecule has 0 saturated heterocycles. The standard InChI is InChI=1S/C37H39Cl2N3O4S/c1-26-16-19-32(20-17-26)47(45,46)42(31-18-21-33(38)34(39)23-31)25-36(43)41(24-29-13-7-6-10-27(29)2)35(22-28-11-4-3-5-12-28)37(44)40-30-14-8-9-15-30/h3-7,10-13,16-21,23,30,35H,8-9,14-15,22,24-25H2,1-2H3,(H,40,44)/t35-/m0/s1. The smallest absolute Gasteiger partial charge is 0.264 e. The van der Waals surface area contributed by atoms with E-state index >= 15 is 0 Å². The van der Waals surface area contributed by atoms with Crippen molar-refractivity contribution in [1.29, 1.82) is 0 Å². The second kappa shape index (κ2) is 15.4. The maximum absolute atomic E-state index is 14.7. The van der Waals surface area contributed by atoms with Crippen LogP contribution in [-0.2, 0) is 32.6 Å². The highest BCUT2D eigenvalue weighted by atomic mass is 35.5. The van der Waals surface area contributed by atoms with Gasteiger partial charge in [0.1, 0.15) is 12.6 Å². The molecule has 1 fully saturated rings. The number of anilines is 1. The molecule has 0 unspecified atom stereocenters. The van der Waals surface area contributed by atoms with Gasteiger partial charge in [-0.2, -0.15) is 0 Å². The highest BCUT2D eigenvalue weighted by molar-refractivity contribution is 7.92. The number of carbonyl (C=O) groups is 2. The molecule has 47 heavy (non-hydrogen) atoms. The molecule has 0 heterocycles. The molecule has 246 valence electrons. The minimum Gasteiger partial charge on any atom is -0.352 e. The van der Waals surface area contributed by atoms with E-state index in [1.165, 1.54) is 35.2 Å². The number of carbonyl (C=O) groups excluding carboxylic acids is 2. The summed E-state index contributed by atoms with van der Waals surface area (Å²) in [6.45, 7) is 3.36. The van der Waals surface area contributed by atoms with Gasteiger partial charge in [-0.05, 0) is 73.7 Å². The minimum atomic E-state index is -4.25. The number of nitrogens with one attached hydrogen (secondary N) is 1. The number of nitrogens with zero attached hydrogens (tertiary/aromatic N) is 2. The van der Waals surface area contributed by atoms with Crippen LogP contribution in [0.15, 0.2) is 102 Å². The fraction of sp³-hybridized carbons (Fsp3) is 0.297. The number of benzene rings is 4. The van der Waals surface area contributed by atoms with Crippen molar-refractivity contribution in [2.75, 3.05) is 10.8 Å². The average Bonchev–Trinajstić information content (AvgIpc) is 3.57. The molecular weight excluding hydrogens is 653 g/mol. The number of hydrogen-bond acceptors (Lipinski definition) is 4. The van der Waals surface area contributed by atoms with Crippen molar-refractivity contribution in [2.24, 2.45) is 0 Å². The van der Waals surface area contributed by atoms with Gasteiger partial charge in [-0.3, -0.25) is 13.9 Å². The Morgan fingerprint density at radius 1 is 0.851 bits per heavy atom. The first-order valence-corrected chi connectivity index (χ1v) is 18.0. The van der Waals surface area contributed by atoms with Crippen molar-refractivity contribution < 1.29 is 18.0 Å². The molecule has 2 amide bonds. The molecule has 5 rings (SSSR count). The molecule has 1 atom stereocenters. The van der Waals surface area contributed by atoms with E-state index in [4.69, 9.17) is 23.2 Å². The fourth-order valence-electron chi connectivity index (χ4n) is 5.90. The first-order valence-electron chi connectivity index (χ1n) is 15.8. The number of rotatable bonds is 12. The van der Waals surface area contributed by atoms with Gasteiger partial charge in [-0.15, -0.1) is 0 Å². The lowest BCUT2D eigenvalue weighted by molar-refractivity contribution is -0.140. The number of hydrogen-bond donors (Lipinski definition) is 1. The molecule has 4 aromatic carbocycles. The Bertz CT molecular complexity index is 1810. The second-order valence-electron chi connectivity index (χ2n) is 12.1. The van der Waals surface area contributed by atoms with Gasteiger partial charge >= 0.3 is 0 Å². The number of amides is 2. The van der Waals surface area contributed by atoms with Crippen LogP contribution < -0.4 is 9.62 Å². The molecule has 0 spiro atoms. The summed E-state index contributed by atoms with van der Waals surface area (Å²) in [5, 5.41) is 3.60.